The number of nitrogens with one attached hydrogen (secondary N) is 12. The van der Waals surface area contributed by atoms with Crippen LogP contribution in [0, 0.1) is 0 Å². The average molecular weight is 1600 g/mol. The molecule has 0 saturated heterocycles. The summed E-state index contributed by atoms with van der Waals surface area (Å²) in [5.41, 5.74) is 12.6. The number of nitrogens with zero attached hydrogens (tertiary/aromatic N) is 2. The number of nitrogens with two attached hydrogens (primary N) is 2. The molecule has 14 amide bonds. The van der Waals surface area contributed by atoms with Crippen LogP contribution in [0.1, 0.15) is 74.8 Å². The molecule has 17 atom stereocenters. The van der Waals surface area contributed by atoms with E-state index in [1.165, 1.54) is 37.3 Å². The first-order chi connectivity index (χ1) is 52.0. The van der Waals surface area contributed by atoms with Crippen molar-refractivity contribution in [2.75, 3.05) is 19.8 Å². The van der Waals surface area contributed by atoms with Crippen LogP contribution in [0.25, 0.3) is 6.08 Å². The molecule has 0 fully saturated rings. The Hall–Kier alpha value is -11.4. The SMILES string of the molecule is CC(/C=C/c1ccccc1)=C\[C@H](O)C1CC(=O)N[C@@H](CO)C(=O)N[C@@H]2Cn3cnc(c3)CC(NC(=O)C[C@H](O)C[C@@H](C(=O)O)NC(=O)[C@@H](O)CNC(=O)[C@H]([C@@H](C)c3ccc(Br)cc3)NC(=O)C([C@@H](O)C(N)=O)NC(=O)[C@H](CC(N)=O)NC2=O)C(=O)N[C@@H]([C@H](C)O)C(=O)N[C@@H](CO)C(=O)N[C@@H](Cc2ccccc2)C(=O)N1. The molecule has 39 nitrogen and oxygen atoms in total. The number of hydrogen-bond donors (Lipinski definition) is 22. The van der Waals surface area contributed by atoms with Crippen LogP contribution >= 0.6 is 15.9 Å². The lowest BCUT2D eigenvalue weighted by Crippen LogP contribution is -2.64. The number of primary amides is 2. The number of carbonyl (C=O) groups excluding carboxylic acids is 14. The lowest BCUT2D eigenvalue weighted by atomic mass is 9.92. The van der Waals surface area contributed by atoms with Crippen molar-refractivity contribution >= 4 is 111 Å². The number of aromatic nitrogens is 2. The zero-order valence-electron chi connectivity index (χ0n) is 59.5. The smallest absolute Gasteiger partial charge is 0.326 e. The van der Waals surface area contributed by atoms with Crippen LogP contribution in [0.4, 0.5) is 0 Å². The van der Waals surface area contributed by atoms with Crippen molar-refractivity contribution in [3.05, 3.63) is 142 Å². The molecule has 110 heavy (non-hydrogen) atoms. The summed E-state index contributed by atoms with van der Waals surface area (Å²) < 4.78 is 1.58. The van der Waals surface area contributed by atoms with E-state index < -0.39 is 250 Å². The molecule has 3 aromatic carbocycles. The number of imidazole rings is 1. The Morgan fingerprint density at radius 3 is 1.77 bits per heavy atom. The molecule has 0 radical (unpaired) electrons. The second-order valence-electron chi connectivity index (χ2n) is 26.1. The first-order valence-corrected chi connectivity index (χ1v) is 35.1. The van der Waals surface area contributed by atoms with Gasteiger partial charge in [0.25, 0.3) is 5.91 Å². The molecular weight excluding hydrogens is 1510 g/mol. The van der Waals surface area contributed by atoms with Crippen LogP contribution in [0.5, 0.6) is 0 Å². The van der Waals surface area contributed by atoms with Gasteiger partial charge in [-0.3, -0.25) is 67.1 Å². The zero-order chi connectivity index (χ0) is 81.2. The number of benzene rings is 3. The van der Waals surface area contributed by atoms with Crippen molar-refractivity contribution in [1.29, 1.82) is 0 Å². The van der Waals surface area contributed by atoms with Crippen LogP contribution in [0.15, 0.2) is 120 Å². The Bertz CT molecular complexity index is 4040. The highest BCUT2D eigenvalue weighted by Gasteiger charge is 2.42. The van der Waals surface area contributed by atoms with Crippen molar-refractivity contribution < 1.29 is 113 Å². The number of β-amino-alcohol motifs (C(OH)–C–C–N with tert-alkyl or cyclic N) is 1. The van der Waals surface area contributed by atoms with Crippen LogP contribution < -0.4 is 75.3 Å². The third kappa shape index (κ3) is 26.8. The van der Waals surface area contributed by atoms with Gasteiger partial charge in [0.15, 0.2) is 6.10 Å². The largest absolute Gasteiger partial charge is 0.480 e. The predicted molar refractivity (Wildman–Crippen MR) is 386 cm³/mol. The lowest BCUT2D eigenvalue weighted by Gasteiger charge is -2.30. The van der Waals surface area contributed by atoms with Gasteiger partial charge in [-0.05, 0) is 42.7 Å². The van der Waals surface area contributed by atoms with Crippen molar-refractivity contribution in [2.24, 2.45) is 11.5 Å². The van der Waals surface area contributed by atoms with Gasteiger partial charge < -0.3 is 121 Å². The summed E-state index contributed by atoms with van der Waals surface area (Å²) in [4.78, 5) is 215. The fourth-order valence-electron chi connectivity index (χ4n) is 11.3. The van der Waals surface area contributed by atoms with Crippen LogP contribution in [-0.2, 0) is 91.3 Å². The van der Waals surface area contributed by atoms with E-state index in [0.29, 0.717) is 21.2 Å². The average Bonchev–Trinajstić information content (AvgIpc) is 0.883. The number of carboxylic acids is 1. The van der Waals surface area contributed by atoms with Gasteiger partial charge in [-0.15, -0.1) is 0 Å². The topological polar surface area (TPSA) is 632 Å². The van der Waals surface area contributed by atoms with Gasteiger partial charge in [0.1, 0.15) is 66.5 Å². The van der Waals surface area contributed by atoms with Gasteiger partial charge in [0.05, 0.1) is 75.5 Å². The Morgan fingerprint density at radius 2 is 1.15 bits per heavy atom. The number of allylic oxidation sites excluding steroid dienone is 2. The minimum Gasteiger partial charge on any atom is -0.480 e. The normalized spacial score (nSPS) is 26.2. The fraction of sp³-hybridized carbons (Fsp3) is 0.429. The molecule has 24 N–H and O–H groups in total. The van der Waals surface area contributed by atoms with Gasteiger partial charge in [0, 0.05) is 42.3 Å². The molecule has 3 unspecified atom stereocenters. The van der Waals surface area contributed by atoms with Crippen LogP contribution in [-0.4, -0.2) is 256 Å². The number of halogens is 1. The van der Waals surface area contributed by atoms with E-state index in [-0.39, 0.29) is 12.1 Å². The summed E-state index contributed by atoms with van der Waals surface area (Å²) in [6.07, 6.45) is -9.55. The number of amides is 14. The van der Waals surface area contributed by atoms with Gasteiger partial charge >= 0.3 is 5.97 Å². The monoisotopic (exact) mass is 1600 g/mol. The molecule has 0 spiro atoms. The second kappa shape index (κ2) is 41.8. The van der Waals surface area contributed by atoms with Crippen LogP contribution in [0.2, 0.25) is 0 Å². The number of carboxylic acid groups (broad SMARTS) is 1. The third-order valence-electron chi connectivity index (χ3n) is 17.3. The molecule has 2 aliphatic heterocycles. The Kier molecular flexibility index (Phi) is 33.3. The van der Waals surface area contributed by atoms with E-state index in [1.54, 1.807) is 79.7 Å². The molecule has 6 rings (SSSR count). The third-order valence-corrected chi connectivity index (χ3v) is 17.9. The summed E-state index contributed by atoms with van der Waals surface area (Å²) in [7, 11) is 0. The highest BCUT2D eigenvalue weighted by atomic mass is 79.9. The molecule has 4 aromatic rings. The summed E-state index contributed by atoms with van der Waals surface area (Å²) in [6.45, 7) is -0.428. The highest BCUT2D eigenvalue weighted by Crippen LogP contribution is 2.23. The van der Waals surface area contributed by atoms with Gasteiger partial charge in [0.2, 0.25) is 76.8 Å². The number of rotatable bonds is 16. The summed E-state index contributed by atoms with van der Waals surface area (Å²) in [6, 6.07) is 0.335. The maximum absolute atomic E-state index is 14.9. The quantitative estimate of drug-likeness (QED) is 0.0463. The van der Waals surface area contributed by atoms with Crippen molar-refractivity contribution in [1.82, 2.24) is 73.4 Å². The molecule has 4 bridgehead atoms. The number of aliphatic hydroxyl groups is 7. The van der Waals surface area contributed by atoms with Gasteiger partial charge in [-0.2, -0.15) is 0 Å². The zero-order valence-corrected chi connectivity index (χ0v) is 61.1. The van der Waals surface area contributed by atoms with E-state index in [0.717, 1.165) is 29.6 Å². The van der Waals surface area contributed by atoms with E-state index in [2.05, 4.69) is 74.1 Å². The lowest BCUT2D eigenvalue weighted by molar-refractivity contribution is -0.144. The standard InChI is InChI=1S/C70H89BrN16O23/c1-33(14-15-36-10-6-4-7-11-36)20-50(92)42-26-54(96)77-48(30-88)64(103)82-47-29-87-28-40(75-32-87)22-44(61(100)85-56(35(3)90)68(107)83-49(31-89)65(104)79-43(60(99)78-42)21-37-12-8-5-9-13-37)76-53(95)24-41(91)23-46(70(109)110)81-66(105)51(93)27-74-67(106)55(34(2)38-16-18-39(71)19-17-38)84-69(108)57(58(97)59(73)98)86-62(101)45(25-52(72)94)80-63(47)102/h4-20,28,32,34-35,41-51,55-58,88-93,97H,21-27,29-31H2,1-3H3,(H2,72,94)(H2,73,98)(H,74,106)(H,76,95)(H,77,96)(H,78,99)(H,79,104)(H,80,102)(H,81,105)(H,82,103)(H,83,107)(H,84,108)(H,85,100)(H,86,101)(H,109,110)/b15-14+,33-20+/t34-,35-,41+,42?,43-,44?,45-,46-,47+,48-,49-,50-,51-,55-,56-,57?,58+/m0/s1. The summed E-state index contributed by atoms with van der Waals surface area (Å²) >= 11 is 3.28. The van der Waals surface area contributed by atoms with E-state index in [9.17, 15) is 113 Å². The minimum absolute atomic E-state index is 0.229. The fourth-order valence-corrected chi connectivity index (χ4v) is 11.6. The molecule has 40 heteroatoms. The number of fused-ring (bicyclic) bond motifs is 2. The van der Waals surface area contributed by atoms with Crippen molar-refractivity contribution in [2.45, 2.75) is 169 Å². The van der Waals surface area contributed by atoms with E-state index in [4.69, 9.17) is 11.5 Å². The second-order valence-corrected chi connectivity index (χ2v) is 27.0. The van der Waals surface area contributed by atoms with E-state index in [1.807, 2.05) is 10.6 Å². The molecular formula is C70H89BrN16O23. The number of hydrogen-bond acceptors (Lipinski definition) is 23. The number of aliphatic hydroxyl groups excluding tert-OH is 7. The first kappa shape index (κ1) is 87.5. The molecule has 0 saturated carbocycles. The summed E-state index contributed by atoms with van der Waals surface area (Å²) in [5, 5.41) is 115. The van der Waals surface area contributed by atoms with Crippen molar-refractivity contribution in [3.63, 3.8) is 0 Å². The molecule has 1 aromatic heterocycles. The molecule has 2 aliphatic rings. The summed E-state index contributed by atoms with van der Waals surface area (Å²) in [5.74, 6) is -22.3. The number of aliphatic carboxylic acids is 1. The maximum atomic E-state index is 14.9. The molecule has 0 aliphatic carbocycles. The van der Waals surface area contributed by atoms with Gasteiger partial charge in [-0.25, -0.2) is 9.78 Å². The first-order valence-electron chi connectivity index (χ1n) is 34.3. The predicted octanol–water partition coefficient (Wildman–Crippen LogP) is -8.21. The molecule has 594 valence electrons. The van der Waals surface area contributed by atoms with Crippen LogP contribution in [0.3, 0.4) is 0 Å². The maximum Gasteiger partial charge on any atom is 0.326 e. The van der Waals surface area contributed by atoms with Gasteiger partial charge in [-0.1, -0.05) is 119 Å². The number of carbonyl (C=O) groups is 15. The Morgan fingerprint density at radius 1 is 0.600 bits per heavy atom. The minimum atomic E-state index is -2.71. The Labute approximate surface area is 636 Å². The Balaban J connectivity index is 1.51. The molecule has 3 heterocycles. The highest BCUT2D eigenvalue weighted by molar-refractivity contribution is 9.10. The van der Waals surface area contributed by atoms with Crippen molar-refractivity contribution in [3.8, 4) is 0 Å². The van der Waals surface area contributed by atoms with E-state index >= 15 is 0 Å².